The normalized spacial score (nSPS) is 24.8. The first-order chi connectivity index (χ1) is 8.58. The summed E-state index contributed by atoms with van der Waals surface area (Å²) in [5, 5.41) is 2.95. The number of nitrogens with two attached hydrogens (primary N) is 1. The van der Waals surface area contributed by atoms with Crippen molar-refractivity contribution in [3.8, 4) is 0 Å². The van der Waals surface area contributed by atoms with Crippen molar-refractivity contribution in [1.82, 2.24) is 5.32 Å². The SMILES string of the molecule is Cc1ccc(C(N)C(=O)NC2CCOC2C)cc1. The predicted octanol–water partition coefficient (Wildman–Crippen LogP) is 1.29. The van der Waals surface area contributed by atoms with E-state index in [-0.39, 0.29) is 18.1 Å². The summed E-state index contributed by atoms with van der Waals surface area (Å²) in [6, 6.07) is 7.18. The van der Waals surface area contributed by atoms with E-state index in [4.69, 9.17) is 10.5 Å². The van der Waals surface area contributed by atoms with Gasteiger partial charge in [0, 0.05) is 6.61 Å². The zero-order valence-corrected chi connectivity index (χ0v) is 10.8. The van der Waals surface area contributed by atoms with Gasteiger partial charge in [0.25, 0.3) is 0 Å². The second kappa shape index (κ2) is 5.50. The molecule has 1 fully saturated rings. The minimum Gasteiger partial charge on any atom is -0.376 e. The Kier molecular flexibility index (Phi) is 3.99. The lowest BCUT2D eigenvalue weighted by Crippen LogP contribution is -2.43. The zero-order valence-electron chi connectivity index (χ0n) is 10.8. The van der Waals surface area contributed by atoms with Gasteiger partial charge in [0.1, 0.15) is 6.04 Å². The number of hydrogen-bond acceptors (Lipinski definition) is 3. The largest absolute Gasteiger partial charge is 0.376 e. The van der Waals surface area contributed by atoms with Gasteiger partial charge in [-0.05, 0) is 25.8 Å². The van der Waals surface area contributed by atoms with E-state index in [1.807, 2.05) is 38.1 Å². The Hall–Kier alpha value is -1.39. The second-order valence-electron chi connectivity index (χ2n) is 4.87. The highest BCUT2D eigenvalue weighted by atomic mass is 16.5. The summed E-state index contributed by atoms with van der Waals surface area (Å²) in [6.45, 7) is 4.67. The minimum absolute atomic E-state index is 0.0687. The average molecular weight is 248 g/mol. The van der Waals surface area contributed by atoms with Crippen LogP contribution in [0.25, 0.3) is 0 Å². The van der Waals surface area contributed by atoms with Gasteiger partial charge in [-0.25, -0.2) is 0 Å². The Morgan fingerprint density at radius 3 is 2.67 bits per heavy atom. The van der Waals surface area contributed by atoms with E-state index in [1.54, 1.807) is 0 Å². The Morgan fingerprint density at radius 2 is 2.11 bits per heavy atom. The Morgan fingerprint density at radius 1 is 1.44 bits per heavy atom. The highest BCUT2D eigenvalue weighted by Crippen LogP contribution is 2.16. The average Bonchev–Trinajstić information content (AvgIpc) is 2.75. The second-order valence-corrected chi connectivity index (χ2v) is 4.87. The van der Waals surface area contributed by atoms with Gasteiger partial charge in [0.2, 0.25) is 5.91 Å². The van der Waals surface area contributed by atoms with Crippen LogP contribution in [-0.4, -0.2) is 24.7 Å². The maximum absolute atomic E-state index is 12.0. The lowest BCUT2D eigenvalue weighted by Gasteiger charge is -2.19. The predicted molar refractivity (Wildman–Crippen MR) is 70.1 cm³/mol. The van der Waals surface area contributed by atoms with Crippen LogP contribution in [0.4, 0.5) is 0 Å². The van der Waals surface area contributed by atoms with E-state index < -0.39 is 6.04 Å². The number of amides is 1. The van der Waals surface area contributed by atoms with Crippen molar-refractivity contribution in [2.75, 3.05) is 6.61 Å². The molecule has 18 heavy (non-hydrogen) atoms. The number of nitrogens with one attached hydrogen (secondary N) is 1. The van der Waals surface area contributed by atoms with E-state index in [9.17, 15) is 4.79 Å². The highest BCUT2D eigenvalue weighted by Gasteiger charge is 2.27. The lowest BCUT2D eigenvalue weighted by atomic mass is 10.0. The van der Waals surface area contributed by atoms with E-state index in [1.165, 1.54) is 0 Å². The van der Waals surface area contributed by atoms with Crippen molar-refractivity contribution >= 4 is 5.91 Å². The number of rotatable bonds is 3. The summed E-state index contributed by atoms with van der Waals surface area (Å²) in [5.74, 6) is -0.138. The summed E-state index contributed by atoms with van der Waals surface area (Å²) >= 11 is 0. The maximum Gasteiger partial charge on any atom is 0.241 e. The molecule has 0 aromatic heterocycles. The monoisotopic (exact) mass is 248 g/mol. The summed E-state index contributed by atoms with van der Waals surface area (Å²) in [4.78, 5) is 12.0. The number of carbonyl (C=O) groups is 1. The molecule has 4 nitrogen and oxygen atoms in total. The zero-order chi connectivity index (χ0) is 13.1. The number of ether oxygens (including phenoxy) is 1. The Labute approximate surface area is 108 Å². The number of carbonyl (C=O) groups excluding carboxylic acids is 1. The molecule has 98 valence electrons. The molecule has 0 aliphatic carbocycles. The van der Waals surface area contributed by atoms with E-state index in [0.717, 1.165) is 17.5 Å². The van der Waals surface area contributed by atoms with Gasteiger partial charge in [0.15, 0.2) is 0 Å². The third kappa shape index (κ3) is 2.89. The van der Waals surface area contributed by atoms with Crippen LogP contribution in [0, 0.1) is 6.92 Å². The molecule has 0 saturated carbocycles. The molecule has 2 rings (SSSR count). The number of hydrogen-bond donors (Lipinski definition) is 2. The fourth-order valence-corrected chi connectivity index (χ4v) is 2.12. The summed E-state index contributed by atoms with van der Waals surface area (Å²) in [6.07, 6.45) is 0.923. The standard InChI is InChI=1S/C14H20N2O2/c1-9-3-5-11(6-4-9)13(15)14(17)16-12-7-8-18-10(12)2/h3-6,10,12-13H,7-8,15H2,1-2H3,(H,16,17). The van der Waals surface area contributed by atoms with Crippen LogP contribution < -0.4 is 11.1 Å². The lowest BCUT2D eigenvalue weighted by molar-refractivity contribution is -0.123. The van der Waals surface area contributed by atoms with Gasteiger partial charge in [-0.1, -0.05) is 29.8 Å². The minimum atomic E-state index is -0.613. The molecule has 3 atom stereocenters. The van der Waals surface area contributed by atoms with Crippen LogP contribution in [0.1, 0.15) is 30.5 Å². The molecule has 0 bridgehead atoms. The van der Waals surface area contributed by atoms with Crippen LogP contribution >= 0.6 is 0 Å². The number of benzene rings is 1. The summed E-state index contributed by atoms with van der Waals surface area (Å²) in [7, 11) is 0. The van der Waals surface area contributed by atoms with E-state index in [0.29, 0.717) is 6.61 Å². The van der Waals surface area contributed by atoms with Gasteiger partial charge in [0.05, 0.1) is 12.1 Å². The van der Waals surface area contributed by atoms with Gasteiger partial charge in [-0.15, -0.1) is 0 Å². The van der Waals surface area contributed by atoms with Crippen molar-refractivity contribution in [2.24, 2.45) is 5.73 Å². The molecule has 1 aliphatic rings. The molecule has 1 aromatic carbocycles. The van der Waals surface area contributed by atoms with Crippen LogP contribution in [0.2, 0.25) is 0 Å². The molecule has 3 unspecified atom stereocenters. The molecule has 1 aromatic rings. The van der Waals surface area contributed by atoms with Crippen molar-refractivity contribution < 1.29 is 9.53 Å². The quantitative estimate of drug-likeness (QED) is 0.847. The number of aryl methyl sites for hydroxylation is 1. The van der Waals surface area contributed by atoms with Crippen LogP contribution in [0.3, 0.4) is 0 Å². The molecule has 3 N–H and O–H groups in total. The fraction of sp³-hybridized carbons (Fsp3) is 0.500. The highest BCUT2D eigenvalue weighted by molar-refractivity contribution is 5.83. The van der Waals surface area contributed by atoms with Crippen LogP contribution in [0.5, 0.6) is 0 Å². The topological polar surface area (TPSA) is 64.4 Å². The third-order valence-electron chi connectivity index (χ3n) is 3.42. The fourth-order valence-electron chi connectivity index (χ4n) is 2.12. The van der Waals surface area contributed by atoms with Gasteiger partial charge in [-0.3, -0.25) is 4.79 Å². The molecule has 1 amide bonds. The van der Waals surface area contributed by atoms with Crippen molar-refractivity contribution in [1.29, 1.82) is 0 Å². The van der Waals surface area contributed by atoms with Crippen molar-refractivity contribution in [2.45, 2.75) is 38.5 Å². The van der Waals surface area contributed by atoms with Gasteiger partial charge >= 0.3 is 0 Å². The molecule has 1 saturated heterocycles. The smallest absolute Gasteiger partial charge is 0.241 e. The maximum atomic E-state index is 12.0. The van der Waals surface area contributed by atoms with Crippen molar-refractivity contribution in [3.05, 3.63) is 35.4 Å². The summed E-state index contributed by atoms with van der Waals surface area (Å²) in [5.41, 5.74) is 7.95. The Bertz CT molecular complexity index is 416. The van der Waals surface area contributed by atoms with Crippen LogP contribution in [0.15, 0.2) is 24.3 Å². The van der Waals surface area contributed by atoms with E-state index >= 15 is 0 Å². The Balaban J connectivity index is 1.98. The molecule has 1 heterocycles. The van der Waals surface area contributed by atoms with E-state index in [2.05, 4.69) is 5.32 Å². The molecule has 1 aliphatic heterocycles. The van der Waals surface area contributed by atoms with Crippen LogP contribution in [-0.2, 0) is 9.53 Å². The molecule has 4 heteroatoms. The first-order valence-electron chi connectivity index (χ1n) is 6.32. The molecular weight excluding hydrogens is 228 g/mol. The molecule has 0 radical (unpaired) electrons. The first-order valence-corrected chi connectivity index (χ1v) is 6.32. The molecular formula is C14H20N2O2. The van der Waals surface area contributed by atoms with Crippen molar-refractivity contribution in [3.63, 3.8) is 0 Å². The third-order valence-corrected chi connectivity index (χ3v) is 3.42. The van der Waals surface area contributed by atoms with Gasteiger partial charge < -0.3 is 15.8 Å². The van der Waals surface area contributed by atoms with Gasteiger partial charge in [-0.2, -0.15) is 0 Å². The molecule has 0 spiro atoms. The first kappa shape index (κ1) is 13.1. The summed E-state index contributed by atoms with van der Waals surface area (Å²) < 4.78 is 5.41.